The second-order valence-corrected chi connectivity index (χ2v) is 5.73. The largest absolute Gasteiger partial charge is 0.324 e. The van der Waals surface area contributed by atoms with Crippen molar-refractivity contribution in [2.24, 2.45) is 11.8 Å². The molecule has 0 fully saturated rings. The van der Waals surface area contributed by atoms with Crippen LogP contribution >= 0.6 is 31.9 Å². The summed E-state index contributed by atoms with van der Waals surface area (Å²) in [4.78, 5) is 11.9. The van der Waals surface area contributed by atoms with Gasteiger partial charge in [0.2, 0.25) is 5.91 Å². The zero-order valence-electron chi connectivity index (χ0n) is 9.50. The van der Waals surface area contributed by atoms with Crippen LogP contribution in [0.3, 0.4) is 0 Å². The Bertz CT molecular complexity index is 466. The summed E-state index contributed by atoms with van der Waals surface area (Å²) >= 11 is 6.68. The molecule has 5 heteroatoms. The quantitative estimate of drug-likeness (QED) is 0.888. The average molecular weight is 360 g/mol. The molecule has 1 amide bonds. The Morgan fingerprint density at radius 1 is 1.41 bits per heavy atom. The topological polar surface area (TPSA) is 52.9 Å². The molecule has 1 atom stereocenters. The van der Waals surface area contributed by atoms with Gasteiger partial charge in [-0.2, -0.15) is 5.26 Å². The lowest BCUT2D eigenvalue weighted by Gasteiger charge is -2.14. The molecule has 17 heavy (non-hydrogen) atoms. The number of hydrogen-bond acceptors (Lipinski definition) is 2. The lowest BCUT2D eigenvalue weighted by Crippen LogP contribution is -2.25. The van der Waals surface area contributed by atoms with Crippen molar-refractivity contribution in [1.29, 1.82) is 5.26 Å². The van der Waals surface area contributed by atoms with E-state index in [1.807, 2.05) is 32.0 Å². The molecule has 1 aromatic carbocycles. The van der Waals surface area contributed by atoms with Crippen LogP contribution in [0.5, 0.6) is 0 Å². The first-order valence-electron chi connectivity index (χ1n) is 5.11. The number of hydrogen-bond donors (Lipinski definition) is 1. The number of rotatable bonds is 3. The molecule has 1 rings (SSSR count). The van der Waals surface area contributed by atoms with Crippen molar-refractivity contribution in [3.8, 4) is 6.07 Å². The van der Waals surface area contributed by atoms with E-state index in [-0.39, 0.29) is 11.8 Å². The van der Waals surface area contributed by atoms with Gasteiger partial charge in [-0.3, -0.25) is 4.79 Å². The van der Waals surface area contributed by atoms with Crippen molar-refractivity contribution in [3.05, 3.63) is 27.1 Å². The molecular formula is C12H12Br2N2O. The fourth-order valence-corrected chi connectivity index (χ4v) is 2.02. The lowest BCUT2D eigenvalue weighted by molar-refractivity contribution is -0.119. The monoisotopic (exact) mass is 358 g/mol. The van der Waals surface area contributed by atoms with E-state index in [0.29, 0.717) is 5.69 Å². The normalized spacial score (nSPS) is 12.0. The lowest BCUT2D eigenvalue weighted by atomic mass is 9.96. The van der Waals surface area contributed by atoms with Gasteiger partial charge in [-0.25, -0.2) is 0 Å². The highest BCUT2D eigenvalue weighted by Gasteiger charge is 2.22. The molecule has 0 aliphatic rings. The summed E-state index contributed by atoms with van der Waals surface area (Å²) in [5.41, 5.74) is 0.658. The molecule has 0 spiro atoms. The number of halogens is 2. The third-order valence-corrected chi connectivity index (χ3v) is 3.46. The molecule has 0 aromatic heterocycles. The van der Waals surface area contributed by atoms with E-state index in [4.69, 9.17) is 5.26 Å². The van der Waals surface area contributed by atoms with Crippen LogP contribution in [0, 0.1) is 23.2 Å². The zero-order valence-corrected chi connectivity index (χ0v) is 12.7. The minimum Gasteiger partial charge on any atom is -0.324 e. The van der Waals surface area contributed by atoms with E-state index in [9.17, 15) is 4.79 Å². The Balaban J connectivity index is 2.88. The minimum atomic E-state index is -0.638. The number of benzene rings is 1. The van der Waals surface area contributed by atoms with Gasteiger partial charge >= 0.3 is 0 Å². The third-order valence-electron chi connectivity index (χ3n) is 2.27. The van der Waals surface area contributed by atoms with E-state index in [2.05, 4.69) is 37.2 Å². The molecule has 1 aromatic rings. The molecule has 0 aliphatic carbocycles. The molecule has 3 nitrogen and oxygen atoms in total. The summed E-state index contributed by atoms with van der Waals surface area (Å²) < 4.78 is 1.66. The average Bonchev–Trinajstić information content (AvgIpc) is 2.24. The van der Waals surface area contributed by atoms with Crippen LogP contribution in [0.25, 0.3) is 0 Å². The van der Waals surface area contributed by atoms with Gasteiger partial charge in [0.1, 0.15) is 5.92 Å². The van der Waals surface area contributed by atoms with Crippen LogP contribution in [0.2, 0.25) is 0 Å². The van der Waals surface area contributed by atoms with E-state index in [0.717, 1.165) is 8.95 Å². The van der Waals surface area contributed by atoms with E-state index >= 15 is 0 Å². The molecule has 0 aliphatic heterocycles. The van der Waals surface area contributed by atoms with Crippen molar-refractivity contribution in [2.75, 3.05) is 5.32 Å². The van der Waals surface area contributed by atoms with Gasteiger partial charge in [0, 0.05) is 8.95 Å². The van der Waals surface area contributed by atoms with Crippen LogP contribution in [-0.2, 0) is 4.79 Å². The number of carbonyl (C=O) groups excluding carboxylic acids is 1. The van der Waals surface area contributed by atoms with Crippen molar-refractivity contribution in [1.82, 2.24) is 0 Å². The van der Waals surface area contributed by atoms with Gasteiger partial charge in [0.25, 0.3) is 0 Å². The summed E-state index contributed by atoms with van der Waals surface area (Å²) in [6.45, 7) is 3.70. The van der Waals surface area contributed by atoms with Crippen LogP contribution < -0.4 is 5.32 Å². The standard InChI is InChI=1S/C12H12Br2N2O/c1-7(2)9(6-15)12(17)16-11-5-8(13)3-4-10(11)14/h3-5,7,9H,1-2H3,(H,16,17). The van der Waals surface area contributed by atoms with Crippen LogP contribution in [0.1, 0.15) is 13.8 Å². The molecule has 0 bridgehead atoms. The number of anilines is 1. The fraction of sp³-hybridized carbons (Fsp3) is 0.333. The molecule has 1 N–H and O–H groups in total. The van der Waals surface area contributed by atoms with E-state index in [1.165, 1.54) is 0 Å². The van der Waals surface area contributed by atoms with Crippen molar-refractivity contribution >= 4 is 43.5 Å². The highest BCUT2D eigenvalue weighted by atomic mass is 79.9. The smallest absolute Gasteiger partial charge is 0.242 e. The number of nitrogens with one attached hydrogen (secondary N) is 1. The Morgan fingerprint density at radius 2 is 2.06 bits per heavy atom. The number of nitriles is 1. The first-order chi connectivity index (χ1) is 7.95. The van der Waals surface area contributed by atoms with E-state index < -0.39 is 5.92 Å². The number of amides is 1. The summed E-state index contributed by atoms with van der Waals surface area (Å²) in [6, 6.07) is 7.50. The van der Waals surface area contributed by atoms with Crippen LogP contribution in [0.15, 0.2) is 27.1 Å². The predicted octanol–water partition coefficient (Wildman–Crippen LogP) is 3.95. The first kappa shape index (κ1) is 14.2. The zero-order chi connectivity index (χ0) is 13.0. The Hall–Kier alpha value is -0.860. The maximum absolute atomic E-state index is 11.9. The van der Waals surface area contributed by atoms with Crippen LogP contribution in [0.4, 0.5) is 5.69 Å². The maximum atomic E-state index is 11.9. The highest BCUT2D eigenvalue weighted by molar-refractivity contribution is 9.11. The molecular weight excluding hydrogens is 348 g/mol. The molecule has 1 unspecified atom stereocenters. The Labute approximate surface area is 117 Å². The van der Waals surface area contributed by atoms with E-state index in [1.54, 1.807) is 6.07 Å². The molecule has 90 valence electrons. The SMILES string of the molecule is CC(C)C(C#N)C(=O)Nc1cc(Br)ccc1Br. The summed E-state index contributed by atoms with van der Waals surface area (Å²) in [5.74, 6) is -0.923. The van der Waals surface area contributed by atoms with Gasteiger partial charge in [0.05, 0.1) is 11.8 Å². The molecule has 0 heterocycles. The van der Waals surface area contributed by atoms with Crippen molar-refractivity contribution < 1.29 is 4.79 Å². The number of carbonyl (C=O) groups is 1. The summed E-state index contributed by atoms with van der Waals surface area (Å²) in [6.07, 6.45) is 0. The Kier molecular flexibility index (Phi) is 5.16. The van der Waals surface area contributed by atoms with Crippen molar-refractivity contribution in [2.45, 2.75) is 13.8 Å². The first-order valence-corrected chi connectivity index (χ1v) is 6.70. The van der Waals surface area contributed by atoms with Gasteiger partial charge in [-0.05, 0) is 40.0 Å². The molecule has 0 saturated carbocycles. The van der Waals surface area contributed by atoms with Gasteiger partial charge < -0.3 is 5.32 Å². The number of nitrogens with zero attached hydrogens (tertiary/aromatic N) is 1. The van der Waals surface area contributed by atoms with Gasteiger partial charge in [-0.15, -0.1) is 0 Å². The fourth-order valence-electron chi connectivity index (χ4n) is 1.31. The second-order valence-electron chi connectivity index (χ2n) is 3.96. The summed E-state index contributed by atoms with van der Waals surface area (Å²) in [7, 11) is 0. The van der Waals surface area contributed by atoms with Gasteiger partial charge in [-0.1, -0.05) is 29.8 Å². The molecule has 0 saturated heterocycles. The molecule has 0 radical (unpaired) electrons. The Morgan fingerprint density at radius 3 is 2.59 bits per heavy atom. The predicted molar refractivity (Wildman–Crippen MR) is 74.4 cm³/mol. The second kappa shape index (κ2) is 6.18. The van der Waals surface area contributed by atoms with Crippen LogP contribution in [-0.4, -0.2) is 5.91 Å². The van der Waals surface area contributed by atoms with Gasteiger partial charge in [0.15, 0.2) is 0 Å². The van der Waals surface area contributed by atoms with Crippen molar-refractivity contribution in [3.63, 3.8) is 0 Å². The summed E-state index contributed by atoms with van der Waals surface area (Å²) in [5, 5.41) is 11.7. The third kappa shape index (κ3) is 3.83. The highest BCUT2D eigenvalue weighted by Crippen LogP contribution is 2.27. The maximum Gasteiger partial charge on any atom is 0.242 e. The minimum absolute atomic E-state index is 0.00840.